The first-order chi connectivity index (χ1) is 10.0. The molecule has 3 aromatic rings. The van der Waals surface area contributed by atoms with Gasteiger partial charge in [-0.15, -0.1) is 11.3 Å². The topological polar surface area (TPSA) is 24.9 Å². The van der Waals surface area contributed by atoms with Crippen LogP contribution in [0.15, 0.2) is 36.4 Å². The van der Waals surface area contributed by atoms with Crippen molar-refractivity contribution in [1.29, 1.82) is 0 Å². The zero-order chi connectivity index (χ0) is 15.0. The molecule has 6 heteroatoms. The summed E-state index contributed by atoms with van der Waals surface area (Å²) < 4.78 is 41.0. The Kier molecular flexibility index (Phi) is 3.55. The van der Waals surface area contributed by atoms with E-state index in [-0.39, 0.29) is 11.7 Å². The maximum absolute atomic E-state index is 13.6. The molecule has 2 nitrogen and oxygen atoms in total. The van der Waals surface area contributed by atoms with Crippen molar-refractivity contribution >= 4 is 27.2 Å². The molecule has 1 unspecified atom stereocenters. The Labute approximate surface area is 123 Å². The van der Waals surface area contributed by atoms with Crippen LogP contribution in [0.1, 0.15) is 18.0 Å². The van der Waals surface area contributed by atoms with Gasteiger partial charge in [-0.3, -0.25) is 0 Å². The molecule has 0 saturated carbocycles. The fourth-order valence-electron chi connectivity index (χ4n) is 2.03. The maximum Gasteiger partial charge on any atom is 0.182 e. The lowest BCUT2D eigenvalue weighted by atomic mass is 10.2. The van der Waals surface area contributed by atoms with Crippen molar-refractivity contribution in [1.82, 2.24) is 4.98 Å². The van der Waals surface area contributed by atoms with Gasteiger partial charge in [0.05, 0.1) is 21.9 Å². The highest BCUT2D eigenvalue weighted by Gasteiger charge is 2.16. The van der Waals surface area contributed by atoms with Crippen molar-refractivity contribution in [3.8, 4) is 0 Å². The molecule has 0 amide bonds. The van der Waals surface area contributed by atoms with Crippen LogP contribution in [0.3, 0.4) is 0 Å². The Bertz CT molecular complexity index is 768. The summed E-state index contributed by atoms with van der Waals surface area (Å²) in [4.78, 5) is 4.43. The number of nitrogens with zero attached hydrogens (tertiary/aromatic N) is 1. The SMILES string of the molecule is CC(Nc1cc(F)cc(F)c1F)c1nc2ccccc2s1. The Hall–Kier alpha value is -2.08. The number of halogens is 3. The van der Waals surface area contributed by atoms with E-state index < -0.39 is 17.5 Å². The Morgan fingerprint density at radius 3 is 2.67 bits per heavy atom. The molecule has 1 N–H and O–H groups in total. The van der Waals surface area contributed by atoms with Crippen LogP contribution >= 0.6 is 11.3 Å². The lowest BCUT2D eigenvalue weighted by Gasteiger charge is -2.13. The molecule has 108 valence electrons. The maximum atomic E-state index is 13.6. The molecule has 0 aliphatic heterocycles. The van der Waals surface area contributed by atoms with Gasteiger partial charge in [-0.25, -0.2) is 18.2 Å². The van der Waals surface area contributed by atoms with Gasteiger partial charge in [0, 0.05) is 12.1 Å². The van der Waals surface area contributed by atoms with Gasteiger partial charge in [-0.2, -0.15) is 0 Å². The minimum Gasteiger partial charge on any atom is -0.374 e. The van der Waals surface area contributed by atoms with Crippen molar-refractivity contribution in [2.24, 2.45) is 0 Å². The van der Waals surface area contributed by atoms with Crippen LogP contribution in [-0.4, -0.2) is 4.98 Å². The third kappa shape index (κ3) is 2.71. The second-order valence-corrected chi connectivity index (χ2v) is 5.70. The lowest BCUT2D eigenvalue weighted by Crippen LogP contribution is -2.09. The number of rotatable bonds is 3. The summed E-state index contributed by atoms with van der Waals surface area (Å²) in [7, 11) is 0. The second kappa shape index (κ2) is 5.37. The minimum absolute atomic E-state index is 0.209. The summed E-state index contributed by atoms with van der Waals surface area (Å²) >= 11 is 1.46. The first-order valence-electron chi connectivity index (χ1n) is 6.31. The molecule has 0 fully saturated rings. The van der Waals surface area contributed by atoms with E-state index in [2.05, 4.69) is 10.3 Å². The van der Waals surface area contributed by atoms with Crippen LogP contribution in [0, 0.1) is 17.5 Å². The van der Waals surface area contributed by atoms with Gasteiger partial charge in [0.1, 0.15) is 10.8 Å². The van der Waals surface area contributed by atoms with Gasteiger partial charge in [-0.1, -0.05) is 12.1 Å². The monoisotopic (exact) mass is 308 g/mol. The van der Waals surface area contributed by atoms with Gasteiger partial charge < -0.3 is 5.32 Å². The average molecular weight is 308 g/mol. The molecule has 1 atom stereocenters. The van der Waals surface area contributed by atoms with E-state index in [1.807, 2.05) is 24.3 Å². The Morgan fingerprint density at radius 2 is 1.90 bits per heavy atom. The summed E-state index contributed by atoms with van der Waals surface area (Å²) in [5, 5.41) is 3.48. The molecule has 0 bridgehead atoms. The standard InChI is InChI=1S/C15H11F3N2S/c1-8(15-20-11-4-2-3-5-13(11)21-15)19-12-7-9(16)6-10(17)14(12)18/h2-8,19H,1H3. The number of thiazole rings is 1. The fraction of sp³-hybridized carbons (Fsp3) is 0.133. The van der Waals surface area contributed by atoms with E-state index in [9.17, 15) is 13.2 Å². The summed E-state index contributed by atoms with van der Waals surface area (Å²) in [6.45, 7) is 1.76. The number of anilines is 1. The largest absolute Gasteiger partial charge is 0.374 e. The third-order valence-electron chi connectivity index (χ3n) is 3.05. The molecule has 0 saturated heterocycles. The molecule has 0 spiro atoms. The zero-order valence-electron chi connectivity index (χ0n) is 11.0. The number of hydrogen-bond acceptors (Lipinski definition) is 3. The Morgan fingerprint density at radius 1 is 1.14 bits per heavy atom. The highest BCUT2D eigenvalue weighted by molar-refractivity contribution is 7.18. The number of nitrogens with one attached hydrogen (secondary N) is 1. The van der Waals surface area contributed by atoms with Crippen LogP contribution in [0.2, 0.25) is 0 Å². The van der Waals surface area contributed by atoms with Crippen LogP contribution in [0.4, 0.5) is 18.9 Å². The third-order valence-corrected chi connectivity index (χ3v) is 4.26. The van der Waals surface area contributed by atoms with Crippen LogP contribution in [-0.2, 0) is 0 Å². The summed E-state index contributed by atoms with van der Waals surface area (Å²) in [6.07, 6.45) is 0. The average Bonchev–Trinajstić information content (AvgIpc) is 2.88. The molecule has 21 heavy (non-hydrogen) atoms. The molecule has 0 radical (unpaired) electrons. The molecule has 3 rings (SSSR count). The van der Waals surface area contributed by atoms with Crippen molar-refractivity contribution in [2.45, 2.75) is 13.0 Å². The number of fused-ring (bicyclic) bond motifs is 1. The number of hydrogen-bond donors (Lipinski definition) is 1. The smallest absolute Gasteiger partial charge is 0.182 e. The number of benzene rings is 2. The highest BCUT2D eigenvalue weighted by Crippen LogP contribution is 2.29. The van der Waals surface area contributed by atoms with Gasteiger partial charge in [-0.05, 0) is 19.1 Å². The molecule has 0 aliphatic carbocycles. The van der Waals surface area contributed by atoms with Crippen molar-refractivity contribution < 1.29 is 13.2 Å². The van der Waals surface area contributed by atoms with E-state index in [0.29, 0.717) is 6.07 Å². The quantitative estimate of drug-likeness (QED) is 0.697. The van der Waals surface area contributed by atoms with Gasteiger partial charge in [0.2, 0.25) is 0 Å². The van der Waals surface area contributed by atoms with Gasteiger partial charge in [0.25, 0.3) is 0 Å². The van der Waals surface area contributed by atoms with Crippen LogP contribution in [0.25, 0.3) is 10.2 Å². The van der Waals surface area contributed by atoms with Crippen molar-refractivity contribution in [3.05, 3.63) is 58.9 Å². The summed E-state index contributed by atoms with van der Waals surface area (Å²) in [5.74, 6) is -3.13. The summed E-state index contributed by atoms with van der Waals surface area (Å²) in [6, 6.07) is 8.69. The number of aromatic nitrogens is 1. The van der Waals surface area contributed by atoms with Crippen LogP contribution < -0.4 is 5.32 Å². The van der Waals surface area contributed by atoms with E-state index in [0.717, 1.165) is 21.3 Å². The zero-order valence-corrected chi connectivity index (χ0v) is 11.8. The van der Waals surface area contributed by atoms with Crippen molar-refractivity contribution in [2.75, 3.05) is 5.32 Å². The van der Waals surface area contributed by atoms with E-state index in [1.54, 1.807) is 6.92 Å². The normalized spacial score (nSPS) is 12.6. The molecule has 0 aliphatic rings. The molecule has 1 aromatic heterocycles. The Balaban J connectivity index is 1.91. The molecular weight excluding hydrogens is 297 g/mol. The second-order valence-electron chi connectivity index (χ2n) is 4.64. The van der Waals surface area contributed by atoms with E-state index in [4.69, 9.17) is 0 Å². The van der Waals surface area contributed by atoms with Crippen LogP contribution in [0.5, 0.6) is 0 Å². The molecule has 2 aromatic carbocycles. The highest BCUT2D eigenvalue weighted by atomic mass is 32.1. The molecular formula is C15H11F3N2S. The number of para-hydroxylation sites is 1. The van der Waals surface area contributed by atoms with E-state index in [1.165, 1.54) is 11.3 Å². The fourth-order valence-corrected chi connectivity index (χ4v) is 3.00. The van der Waals surface area contributed by atoms with Gasteiger partial charge >= 0.3 is 0 Å². The predicted molar refractivity (Wildman–Crippen MR) is 78.0 cm³/mol. The minimum atomic E-state index is -1.21. The summed E-state index contributed by atoms with van der Waals surface area (Å²) in [5.41, 5.74) is 0.635. The lowest BCUT2D eigenvalue weighted by molar-refractivity contribution is 0.496. The first kappa shape index (κ1) is 13.9. The van der Waals surface area contributed by atoms with E-state index >= 15 is 0 Å². The van der Waals surface area contributed by atoms with Gasteiger partial charge in [0.15, 0.2) is 11.6 Å². The predicted octanol–water partition coefficient (Wildman–Crippen LogP) is 4.89. The molecule has 1 heterocycles. The first-order valence-corrected chi connectivity index (χ1v) is 7.13. The van der Waals surface area contributed by atoms with Crippen molar-refractivity contribution in [3.63, 3.8) is 0 Å².